The van der Waals surface area contributed by atoms with E-state index in [2.05, 4.69) is 46.9 Å². The van der Waals surface area contributed by atoms with Gasteiger partial charge in [0.25, 0.3) is 0 Å². The van der Waals surface area contributed by atoms with Gasteiger partial charge in [0.05, 0.1) is 0 Å². The number of hydrogen-bond donors (Lipinski definition) is 1. The molecule has 0 saturated heterocycles. The molecule has 2 atom stereocenters. The number of aromatic nitrogens is 1. The van der Waals surface area contributed by atoms with Crippen LogP contribution in [-0.2, 0) is 6.42 Å². The lowest BCUT2D eigenvalue weighted by molar-refractivity contribution is 0.603. The Balaban J connectivity index is 1.83. The zero-order valence-corrected chi connectivity index (χ0v) is 12.1. The van der Waals surface area contributed by atoms with Gasteiger partial charge in [0.1, 0.15) is 4.34 Å². The smallest absolute Gasteiger partial charge is 0.150 e. The quantitative estimate of drug-likeness (QED) is 0.929. The first-order valence-electron chi connectivity index (χ1n) is 6.12. The highest BCUT2D eigenvalue weighted by atomic mass is 32.2. The summed E-state index contributed by atoms with van der Waals surface area (Å²) < 4.78 is 1.19. The maximum Gasteiger partial charge on any atom is 0.150 e. The van der Waals surface area contributed by atoms with Crippen LogP contribution in [0.15, 0.2) is 34.0 Å². The molecule has 1 N–H and O–H groups in total. The minimum absolute atomic E-state index is 0.440. The predicted octanol–water partition coefficient (Wildman–Crippen LogP) is 3.43. The highest BCUT2D eigenvalue weighted by Gasteiger charge is 2.32. The first-order valence-corrected chi connectivity index (χ1v) is 7.87. The second-order valence-electron chi connectivity index (χ2n) is 4.58. The fourth-order valence-electron chi connectivity index (χ4n) is 2.53. The van der Waals surface area contributed by atoms with Gasteiger partial charge in [-0.15, -0.1) is 11.3 Å². The van der Waals surface area contributed by atoms with Crippen molar-refractivity contribution in [1.29, 1.82) is 0 Å². The van der Waals surface area contributed by atoms with Gasteiger partial charge in [-0.1, -0.05) is 36.0 Å². The van der Waals surface area contributed by atoms with Crippen LogP contribution in [0.5, 0.6) is 0 Å². The Morgan fingerprint density at radius 1 is 1.39 bits per heavy atom. The van der Waals surface area contributed by atoms with Crippen LogP contribution in [0.3, 0.4) is 0 Å². The van der Waals surface area contributed by atoms with Gasteiger partial charge in [0, 0.05) is 22.4 Å². The zero-order valence-electron chi connectivity index (χ0n) is 10.5. The lowest BCUT2D eigenvalue weighted by Crippen LogP contribution is -2.23. The molecular formula is C14H16N2S2. The van der Waals surface area contributed by atoms with Crippen LogP contribution in [0, 0.1) is 6.92 Å². The largest absolute Gasteiger partial charge is 0.312 e. The van der Waals surface area contributed by atoms with Gasteiger partial charge in [0.15, 0.2) is 0 Å². The first-order chi connectivity index (χ1) is 8.78. The number of thiazole rings is 1. The number of benzene rings is 1. The summed E-state index contributed by atoms with van der Waals surface area (Å²) in [6.45, 7) is 2.06. The Kier molecular flexibility index (Phi) is 3.41. The van der Waals surface area contributed by atoms with Crippen LogP contribution >= 0.6 is 23.1 Å². The molecule has 0 bridgehead atoms. The van der Waals surface area contributed by atoms with Gasteiger partial charge < -0.3 is 5.32 Å². The number of rotatable bonds is 3. The third-order valence-corrected chi connectivity index (χ3v) is 5.71. The molecule has 0 spiro atoms. The molecule has 0 amide bonds. The molecule has 1 aliphatic rings. The molecule has 1 heterocycles. The van der Waals surface area contributed by atoms with Gasteiger partial charge in [-0.3, -0.25) is 0 Å². The molecule has 94 valence electrons. The normalized spacial score (nSPS) is 22.1. The highest BCUT2D eigenvalue weighted by Crippen LogP contribution is 2.41. The number of fused-ring (bicyclic) bond motifs is 1. The van der Waals surface area contributed by atoms with Crippen molar-refractivity contribution in [2.45, 2.75) is 29.0 Å². The van der Waals surface area contributed by atoms with Crippen LogP contribution in [0.4, 0.5) is 0 Å². The Labute approximate surface area is 116 Å². The van der Waals surface area contributed by atoms with E-state index in [-0.39, 0.29) is 0 Å². The van der Waals surface area contributed by atoms with Crippen molar-refractivity contribution in [1.82, 2.24) is 10.3 Å². The molecule has 1 aromatic heterocycles. The van der Waals surface area contributed by atoms with Crippen LogP contribution in [0.25, 0.3) is 0 Å². The van der Waals surface area contributed by atoms with Crippen LogP contribution in [0.1, 0.15) is 22.9 Å². The summed E-state index contributed by atoms with van der Waals surface area (Å²) in [5.41, 5.74) is 4.05. The molecule has 3 rings (SSSR count). The van der Waals surface area contributed by atoms with E-state index >= 15 is 0 Å². The fraction of sp³-hybridized carbons (Fsp3) is 0.357. The van der Waals surface area contributed by atoms with Crippen LogP contribution < -0.4 is 5.32 Å². The van der Waals surface area contributed by atoms with E-state index in [9.17, 15) is 0 Å². The third-order valence-electron chi connectivity index (χ3n) is 3.34. The summed E-state index contributed by atoms with van der Waals surface area (Å²) in [4.78, 5) is 4.56. The zero-order chi connectivity index (χ0) is 12.5. The van der Waals surface area contributed by atoms with E-state index in [1.165, 1.54) is 15.5 Å². The molecule has 0 saturated carbocycles. The summed E-state index contributed by atoms with van der Waals surface area (Å²) in [7, 11) is 2.05. The van der Waals surface area contributed by atoms with Crippen molar-refractivity contribution >= 4 is 23.1 Å². The van der Waals surface area contributed by atoms with Gasteiger partial charge in [-0.2, -0.15) is 0 Å². The molecule has 2 unspecified atom stereocenters. The maximum atomic E-state index is 4.56. The Morgan fingerprint density at radius 3 is 2.94 bits per heavy atom. The summed E-state index contributed by atoms with van der Waals surface area (Å²) >= 11 is 3.66. The Hall–Kier alpha value is -0.840. The number of hydrogen-bond acceptors (Lipinski definition) is 4. The molecule has 0 radical (unpaired) electrons. The molecule has 18 heavy (non-hydrogen) atoms. The minimum Gasteiger partial charge on any atom is -0.312 e. The van der Waals surface area contributed by atoms with E-state index in [0.717, 1.165) is 12.1 Å². The van der Waals surface area contributed by atoms with Gasteiger partial charge in [0.2, 0.25) is 0 Å². The number of aryl methyl sites for hydroxylation is 1. The lowest BCUT2D eigenvalue weighted by atomic mass is 10.1. The first kappa shape index (κ1) is 12.2. The van der Waals surface area contributed by atoms with Crippen LogP contribution in [0.2, 0.25) is 0 Å². The Morgan fingerprint density at radius 2 is 2.22 bits per heavy atom. The molecular weight excluding hydrogens is 260 g/mol. The minimum atomic E-state index is 0.440. The molecule has 0 aliphatic heterocycles. The molecule has 2 aromatic rings. The van der Waals surface area contributed by atoms with Crippen molar-refractivity contribution in [3.05, 3.63) is 46.5 Å². The number of thioether (sulfide) groups is 1. The monoisotopic (exact) mass is 276 g/mol. The van der Waals surface area contributed by atoms with E-state index < -0.39 is 0 Å². The Bertz CT molecular complexity index is 550. The fourth-order valence-corrected chi connectivity index (χ4v) is 4.92. The van der Waals surface area contributed by atoms with Gasteiger partial charge >= 0.3 is 0 Å². The molecule has 4 heteroatoms. The summed E-state index contributed by atoms with van der Waals surface area (Å²) in [5.74, 6) is 0. The molecule has 2 nitrogen and oxygen atoms in total. The average Bonchev–Trinajstić information content (AvgIpc) is 2.92. The summed E-state index contributed by atoms with van der Waals surface area (Å²) in [6, 6.07) is 9.18. The van der Waals surface area contributed by atoms with Gasteiger partial charge in [-0.05, 0) is 31.5 Å². The van der Waals surface area contributed by atoms with Crippen molar-refractivity contribution < 1.29 is 0 Å². The number of nitrogens with zero attached hydrogens (tertiary/aromatic N) is 1. The van der Waals surface area contributed by atoms with E-state index in [0.29, 0.717) is 11.3 Å². The molecule has 1 aliphatic carbocycles. The summed E-state index contributed by atoms with van der Waals surface area (Å²) in [6.07, 6.45) is 1.13. The lowest BCUT2D eigenvalue weighted by Gasteiger charge is -2.18. The van der Waals surface area contributed by atoms with Crippen molar-refractivity contribution in [2.24, 2.45) is 0 Å². The van der Waals surface area contributed by atoms with Crippen molar-refractivity contribution in [3.63, 3.8) is 0 Å². The standard InChI is InChI=1S/C14H16N2S2/c1-9-8-17-14(16-9)18-12-7-10-5-3-4-6-11(10)13(12)15-2/h3-6,8,12-13,15H,7H2,1-2H3. The molecule has 1 aromatic carbocycles. The highest BCUT2D eigenvalue weighted by molar-refractivity contribution is 8.01. The van der Waals surface area contributed by atoms with Crippen LogP contribution in [-0.4, -0.2) is 17.3 Å². The second kappa shape index (κ2) is 5.03. The van der Waals surface area contributed by atoms with Crippen molar-refractivity contribution in [2.75, 3.05) is 7.05 Å². The topological polar surface area (TPSA) is 24.9 Å². The van der Waals surface area contributed by atoms with Gasteiger partial charge in [-0.25, -0.2) is 4.98 Å². The number of nitrogens with one attached hydrogen (secondary N) is 1. The third kappa shape index (κ3) is 2.20. The van der Waals surface area contributed by atoms with Crippen molar-refractivity contribution in [3.8, 4) is 0 Å². The summed E-state index contributed by atoms with van der Waals surface area (Å²) in [5, 5.41) is 6.13. The van der Waals surface area contributed by atoms with E-state index in [1.54, 1.807) is 11.3 Å². The van der Waals surface area contributed by atoms with E-state index in [1.807, 2.05) is 18.8 Å². The molecule has 0 fully saturated rings. The predicted molar refractivity (Wildman–Crippen MR) is 78.4 cm³/mol. The maximum absolute atomic E-state index is 4.56. The second-order valence-corrected chi connectivity index (χ2v) is 6.92. The average molecular weight is 276 g/mol. The SMILES string of the molecule is CNC1c2ccccc2CC1Sc1nc(C)cs1. The van der Waals surface area contributed by atoms with E-state index in [4.69, 9.17) is 0 Å².